The van der Waals surface area contributed by atoms with Crippen molar-refractivity contribution in [2.75, 3.05) is 57.7 Å². The van der Waals surface area contributed by atoms with Gasteiger partial charge in [0, 0.05) is 62.6 Å². The number of hydrogen-bond donors (Lipinski definition) is 0. The molecule has 30 heavy (non-hydrogen) atoms. The van der Waals surface area contributed by atoms with Crippen LogP contribution in [-0.2, 0) is 16.0 Å². The molecule has 2 fully saturated rings. The van der Waals surface area contributed by atoms with E-state index in [0.29, 0.717) is 32.1 Å². The first-order valence-electron chi connectivity index (χ1n) is 10.6. The molecule has 0 bridgehead atoms. The second kappa shape index (κ2) is 9.83. The number of rotatable bonds is 5. The van der Waals surface area contributed by atoms with Crippen molar-refractivity contribution in [2.45, 2.75) is 45.9 Å². The predicted molar refractivity (Wildman–Crippen MR) is 114 cm³/mol. The molecule has 0 radical (unpaired) electrons. The number of anilines is 1. The Bertz CT molecular complexity index is 719. The van der Waals surface area contributed by atoms with Gasteiger partial charge in [0.2, 0.25) is 6.86 Å². The molecular weight excluding hydrogens is 389 g/mol. The summed E-state index contributed by atoms with van der Waals surface area (Å²) in [5, 5.41) is 0. The Balaban J connectivity index is 1.64. The SMILES string of the molecule is C[C@H]1CN(Cc2ccc(N3CCOCC3)cc2OCF)CCN1C(=O)OC(C)(C)C. The Morgan fingerprint density at radius 3 is 2.57 bits per heavy atom. The standard InChI is InChI=1S/C22H34FN3O4/c1-17-14-24(7-8-26(17)21(27)30-22(2,3)4)15-18-5-6-19(13-20(18)29-16-23)25-9-11-28-12-10-25/h5-6,13,17H,7-12,14-16H2,1-4H3/t17-/m0/s1. The summed E-state index contributed by atoms with van der Waals surface area (Å²) >= 11 is 0. The van der Waals surface area contributed by atoms with Crippen molar-refractivity contribution in [1.29, 1.82) is 0 Å². The second-order valence-electron chi connectivity index (χ2n) is 8.90. The molecule has 0 unspecified atom stereocenters. The molecule has 3 rings (SSSR count). The maximum Gasteiger partial charge on any atom is 0.410 e. The van der Waals surface area contributed by atoms with Crippen LogP contribution < -0.4 is 9.64 Å². The molecule has 0 aromatic heterocycles. The number of alkyl halides is 1. The Morgan fingerprint density at radius 1 is 1.20 bits per heavy atom. The van der Waals surface area contributed by atoms with Gasteiger partial charge in [-0.2, -0.15) is 0 Å². The van der Waals surface area contributed by atoms with Crippen LogP contribution in [0.25, 0.3) is 0 Å². The Kier molecular flexibility index (Phi) is 7.41. The number of piperazine rings is 1. The lowest BCUT2D eigenvalue weighted by atomic mass is 10.1. The number of carbonyl (C=O) groups is 1. The molecule has 2 aliphatic rings. The predicted octanol–water partition coefficient (Wildman–Crippen LogP) is 3.27. The lowest BCUT2D eigenvalue weighted by Gasteiger charge is -2.40. The minimum atomic E-state index is -0.859. The average Bonchev–Trinajstić information content (AvgIpc) is 2.69. The van der Waals surface area contributed by atoms with Gasteiger partial charge in [-0.05, 0) is 33.8 Å². The van der Waals surface area contributed by atoms with E-state index in [0.717, 1.165) is 37.4 Å². The molecule has 7 nitrogen and oxygen atoms in total. The van der Waals surface area contributed by atoms with Crippen LogP contribution in [-0.4, -0.2) is 80.3 Å². The van der Waals surface area contributed by atoms with Crippen LogP contribution in [0.15, 0.2) is 18.2 Å². The molecule has 1 amide bonds. The molecule has 0 N–H and O–H groups in total. The van der Waals surface area contributed by atoms with Gasteiger partial charge in [-0.1, -0.05) is 6.07 Å². The molecule has 1 atom stereocenters. The van der Waals surface area contributed by atoms with Crippen molar-refractivity contribution in [1.82, 2.24) is 9.80 Å². The number of morpholine rings is 1. The molecule has 168 valence electrons. The van der Waals surface area contributed by atoms with Gasteiger partial charge in [0.25, 0.3) is 0 Å². The number of nitrogens with zero attached hydrogens (tertiary/aromatic N) is 3. The molecule has 2 saturated heterocycles. The van der Waals surface area contributed by atoms with Gasteiger partial charge in [0.05, 0.1) is 13.2 Å². The molecule has 0 spiro atoms. The minimum absolute atomic E-state index is 0.0340. The van der Waals surface area contributed by atoms with Crippen LogP contribution in [0.3, 0.4) is 0 Å². The molecule has 0 aliphatic carbocycles. The highest BCUT2D eigenvalue weighted by molar-refractivity contribution is 5.68. The van der Waals surface area contributed by atoms with Gasteiger partial charge in [0.15, 0.2) is 0 Å². The maximum atomic E-state index is 13.0. The molecular formula is C22H34FN3O4. The van der Waals surface area contributed by atoms with E-state index in [1.54, 1.807) is 4.90 Å². The number of amides is 1. The number of benzene rings is 1. The summed E-state index contributed by atoms with van der Waals surface area (Å²) in [4.78, 5) is 18.7. The van der Waals surface area contributed by atoms with E-state index in [4.69, 9.17) is 14.2 Å². The van der Waals surface area contributed by atoms with Crippen LogP contribution >= 0.6 is 0 Å². The smallest absolute Gasteiger partial charge is 0.410 e. The number of halogens is 1. The van der Waals surface area contributed by atoms with Crippen LogP contribution in [0.5, 0.6) is 5.75 Å². The van der Waals surface area contributed by atoms with Crippen LogP contribution in [0.4, 0.5) is 14.9 Å². The van der Waals surface area contributed by atoms with Crippen molar-refractivity contribution >= 4 is 11.8 Å². The van der Waals surface area contributed by atoms with Gasteiger partial charge in [-0.15, -0.1) is 0 Å². The molecule has 2 aliphatic heterocycles. The summed E-state index contributed by atoms with van der Waals surface area (Å²) in [6, 6.07) is 6.03. The number of carbonyl (C=O) groups excluding carboxylic acids is 1. The monoisotopic (exact) mass is 423 g/mol. The second-order valence-corrected chi connectivity index (χ2v) is 8.90. The van der Waals surface area contributed by atoms with Crippen molar-refractivity contribution < 1.29 is 23.4 Å². The van der Waals surface area contributed by atoms with Gasteiger partial charge in [-0.25, -0.2) is 9.18 Å². The van der Waals surface area contributed by atoms with Crippen molar-refractivity contribution in [3.63, 3.8) is 0 Å². The molecule has 8 heteroatoms. The normalized spacial score (nSPS) is 20.9. The van der Waals surface area contributed by atoms with E-state index in [1.807, 2.05) is 39.8 Å². The molecule has 0 saturated carbocycles. The zero-order chi connectivity index (χ0) is 21.7. The third-order valence-electron chi connectivity index (χ3n) is 5.37. The summed E-state index contributed by atoms with van der Waals surface area (Å²) in [5.74, 6) is 0.573. The average molecular weight is 424 g/mol. The summed E-state index contributed by atoms with van der Waals surface area (Å²) < 4.78 is 29.3. The lowest BCUT2D eigenvalue weighted by molar-refractivity contribution is 0.000413. The van der Waals surface area contributed by atoms with E-state index >= 15 is 0 Å². The largest absolute Gasteiger partial charge is 0.463 e. The van der Waals surface area contributed by atoms with Crippen molar-refractivity contribution in [3.8, 4) is 5.75 Å². The fourth-order valence-electron chi connectivity index (χ4n) is 3.89. The summed E-state index contributed by atoms with van der Waals surface area (Å²) in [5.41, 5.74) is 1.46. The van der Waals surface area contributed by atoms with Crippen LogP contribution in [0.1, 0.15) is 33.3 Å². The Morgan fingerprint density at radius 2 is 1.93 bits per heavy atom. The first-order valence-corrected chi connectivity index (χ1v) is 10.6. The van der Waals surface area contributed by atoms with Crippen molar-refractivity contribution in [3.05, 3.63) is 23.8 Å². The van der Waals surface area contributed by atoms with Gasteiger partial charge < -0.3 is 24.0 Å². The minimum Gasteiger partial charge on any atom is -0.463 e. The van der Waals surface area contributed by atoms with Gasteiger partial charge in [0.1, 0.15) is 11.4 Å². The van der Waals surface area contributed by atoms with Gasteiger partial charge in [-0.3, -0.25) is 4.90 Å². The molecule has 2 heterocycles. The lowest BCUT2D eigenvalue weighted by Crippen LogP contribution is -2.54. The number of hydrogen-bond acceptors (Lipinski definition) is 6. The van der Waals surface area contributed by atoms with Gasteiger partial charge >= 0.3 is 6.09 Å². The zero-order valence-corrected chi connectivity index (χ0v) is 18.5. The quantitative estimate of drug-likeness (QED) is 0.725. The van der Waals surface area contributed by atoms with E-state index in [1.165, 1.54) is 0 Å². The maximum absolute atomic E-state index is 13.0. The van der Waals surface area contributed by atoms with Crippen LogP contribution in [0, 0.1) is 0 Å². The first kappa shape index (κ1) is 22.6. The molecule has 1 aromatic carbocycles. The Labute approximate surface area is 178 Å². The summed E-state index contributed by atoms with van der Waals surface area (Å²) in [6.07, 6.45) is -0.272. The highest BCUT2D eigenvalue weighted by Crippen LogP contribution is 2.28. The van der Waals surface area contributed by atoms with Crippen molar-refractivity contribution in [2.24, 2.45) is 0 Å². The fraction of sp³-hybridized carbons (Fsp3) is 0.682. The fourth-order valence-corrected chi connectivity index (χ4v) is 3.89. The highest BCUT2D eigenvalue weighted by atomic mass is 19.1. The third kappa shape index (κ3) is 5.98. The molecule has 1 aromatic rings. The zero-order valence-electron chi connectivity index (χ0n) is 18.5. The summed E-state index contributed by atoms with van der Waals surface area (Å²) in [7, 11) is 0. The summed E-state index contributed by atoms with van der Waals surface area (Å²) in [6.45, 7) is 12.5. The van der Waals surface area contributed by atoms with E-state index < -0.39 is 12.5 Å². The van der Waals surface area contributed by atoms with Crippen LogP contribution in [0.2, 0.25) is 0 Å². The first-order chi connectivity index (χ1) is 14.3. The highest BCUT2D eigenvalue weighted by Gasteiger charge is 2.31. The van der Waals surface area contributed by atoms with E-state index in [2.05, 4.69) is 15.9 Å². The third-order valence-corrected chi connectivity index (χ3v) is 5.37. The Hall–Kier alpha value is -2.06. The topological polar surface area (TPSA) is 54.5 Å². The number of ether oxygens (including phenoxy) is 3. The van der Waals surface area contributed by atoms with E-state index in [9.17, 15) is 9.18 Å². The van der Waals surface area contributed by atoms with E-state index in [-0.39, 0.29) is 12.1 Å².